The zero-order valence-corrected chi connectivity index (χ0v) is 10.9. The lowest BCUT2D eigenvalue weighted by atomic mass is 9.84. The standard InChI is InChI=1S/C14H22N2O2/c17-13-8-11-2-1-3-12(9-13)16(11)7-6-15-14(18)10-4-5-10/h10-12H,1-9H2,(H,15,18). The minimum Gasteiger partial charge on any atom is -0.355 e. The zero-order valence-electron chi connectivity index (χ0n) is 10.9. The molecule has 18 heavy (non-hydrogen) atoms. The van der Waals surface area contributed by atoms with Crippen LogP contribution in [0.1, 0.15) is 44.9 Å². The van der Waals surface area contributed by atoms with Crippen LogP contribution in [0.5, 0.6) is 0 Å². The van der Waals surface area contributed by atoms with Crippen LogP contribution in [0.15, 0.2) is 0 Å². The SMILES string of the molecule is O=C1CC2CCCC(C1)N2CCNC(=O)C1CC1. The van der Waals surface area contributed by atoms with E-state index in [-0.39, 0.29) is 5.91 Å². The Kier molecular flexibility index (Phi) is 3.37. The fourth-order valence-corrected chi connectivity index (χ4v) is 3.43. The van der Waals surface area contributed by atoms with E-state index in [2.05, 4.69) is 10.2 Å². The second-order valence-corrected chi connectivity index (χ2v) is 5.99. The molecule has 2 atom stereocenters. The van der Waals surface area contributed by atoms with E-state index in [4.69, 9.17) is 0 Å². The summed E-state index contributed by atoms with van der Waals surface area (Å²) >= 11 is 0. The van der Waals surface area contributed by atoms with Crippen molar-refractivity contribution in [1.82, 2.24) is 10.2 Å². The van der Waals surface area contributed by atoms with E-state index in [1.807, 2.05) is 0 Å². The second kappa shape index (κ2) is 5.00. The smallest absolute Gasteiger partial charge is 0.223 e. The number of Topliss-reactive ketones (excluding diaryl/α,β-unsaturated/α-hetero) is 1. The van der Waals surface area contributed by atoms with Gasteiger partial charge in [0.1, 0.15) is 5.78 Å². The first-order valence-electron chi connectivity index (χ1n) is 7.29. The van der Waals surface area contributed by atoms with Crippen LogP contribution in [-0.4, -0.2) is 41.8 Å². The third kappa shape index (κ3) is 2.58. The maximum Gasteiger partial charge on any atom is 0.223 e. The van der Waals surface area contributed by atoms with Gasteiger partial charge in [-0.1, -0.05) is 6.42 Å². The van der Waals surface area contributed by atoms with Gasteiger partial charge in [-0.05, 0) is 25.7 Å². The van der Waals surface area contributed by atoms with Gasteiger partial charge >= 0.3 is 0 Å². The van der Waals surface area contributed by atoms with Crippen molar-refractivity contribution < 1.29 is 9.59 Å². The molecule has 3 fully saturated rings. The highest BCUT2D eigenvalue weighted by molar-refractivity contribution is 5.81. The van der Waals surface area contributed by atoms with Crippen LogP contribution in [0.25, 0.3) is 0 Å². The van der Waals surface area contributed by atoms with Crippen LogP contribution in [-0.2, 0) is 9.59 Å². The van der Waals surface area contributed by atoms with Gasteiger partial charge in [-0.15, -0.1) is 0 Å². The highest BCUT2D eigenvalue weighted by atomic mass is 16.2. The van der Waals surface area contributed by atoms with Gasteiger partial charge in [0.2, 0.25) is 5.91 Å². The number of carbonyl (C=O) groups is 2. The summed E-state index contributed by atoms with van der Waals surface area (Å²) < 4.78 is 0. The number of fused-ring (bicyclic) bond motifs is 2. The summed E-state index contributed by atoms with van der Waals surface area (Å²) in [7, 11) is 0. The predicted molar refractivity (Wildman–Crippen MR) is 68.1 cm³/mol. The molecule has 2 saturated heterocycles. The normalized spacial score (nSPS) is 32.3. The Morgan fingerprint density at radius 3 is 2.44 bits per heavy atom. The Morgan fingerprint density at radius 2 is 1.83 bits per heavy atom. The van der Waals surface area contributed by atoms with Crippen LogP contribution in [0.4, 0.5) is 0 Å². The summed E-state index contributed by atoms with van der Waals surface area (Å²) in [4.78, 5) is 25.6. The van der Waals surface area contributed by atoms with Gasteiger partial charge in [-0.2, -0.15) is 0 Å². The summed E-state index contributed by atoms with van der Waals surface area (Å²) in [6.07, 6.45) is 7.15. The molecular weight excluding hydrogens is 228 g/mol. The van der Waals surface area contributed by atoms with Gasteiger partial charge < -0.3 is 5.32 Å². The first kappa shape index (κ1) is 12.2. The molecule has 1 amide bonds. The molecule has 0 radical (unpaired) electrons. The van der Waals surface area contributed by atoms with Gasteiger partial charge in [0.15, 0.2) is 0 Å². The summed E-state index contributed by atoms with van der Waals surface area (Å²) in [6.45, 7) is 1.66. The summed E-state index contributed by atoms with van der Waals surface area (Å²) in [5.41, 5.74) is 0. The molecule has 3 rings (SSSR count). The molecule has 4 heteroatoms. The van der Waals surface area contributed by atoms with Crippen molar-refractivity contribution in [2.75, 3.05) is 13.1 Å². The molecule has 0 spiro atoms. The zero-order chi connectivity index (χ0) is 12.5. The minimum atomic E-state index is 0.230. The van der Waals surface area contributed by atoms with E-state index in [1.165, 1.54) is 6.42 Å². The molecule has 0 aromatic carbocycles. The average Bonchev–Trinajstić information content (AvgIpc) is 3.13. The van der Waals surface area contributed by atoms with E-state index < -0.39 is 0 Å². The number of ketones is 1. The van der Waals surface area contributed by atoms with Crippen LogP contribution in [0.3, 0.4) is 0 Å². The molecule has 1 saturated carbocycles. The topological polar surface area (TPSA) is 49.4 Å². The van der Waals surface area contributed by atoms with Gasteiger partial charge in [0.25, 0.3) is 0 Å². The third-order valence-electron chi connectivity index (χ3n) is 4.56. The molecule has 0 aromatic heterocycles. The molecule has 3 aliphatic rings. The fraction of sp³-hybridized carbons (Fsp3) is 0.857. The summed E-state index contributed by atoms with van der Waals surface area (Å²) in [5.74, 6) is 0.962. The maximum absolute atomic E-state index is 11.6. The van der Waals surface area contributed by atoms with E-state index in [0.717, 1.165) is 51.6 Å². The van der Waals surface area contributed by atoms with Gasteiger partial charge in [-0.25, -0.2) is 0 Å². The Hall–Kier alpha value is -0.900. The van der Waals surface area contributed by atoms with Gasteiger partial charge in [0.05, 0.1) is 0 Å². The quantitative estimate of drug-likeness (QED) is 0.813. The van der Waals surface area contributed by atoms with Crippen LogP contribution >= 0.6 is 0 Å². The van der Waals surface area contributed by atoms with Crippen molar-refractivity contribution in [3.63, 3.8) is 0 Å². The Balaban J connectivity index is 1.49. The van der Waals surface area contributed by atoms with E-state index in [0.29, 0.717) is 23.8 Å². The van der Waals surface area contributed by atoms with Crippen LogP contribution in [0.2, 0.25) is 0 Å². The number of piperidine rings is 2. The molecule has 4 nitrogen and oxygen atoms in total. The number of nitrogens with zero attached hydrogens (tertiary/aromatic N) is 1. The fourth-order valence-electron chi connectivity index (χ4n) is 3.43. The molecule has 1 aliphatic carbocycles. The molecule has 2 heterocycles. The van der Waals surface area contributed by atoms with Gasteiger partial charge in [0, 0.05) is 43.9 Å². The predicted octanol–water partition coefficient (Wildman–Crippen LogP) is 1.10. The molecule has 2 aliphatic heterocycles. The number of amides is 1. The van der Waals surface area contributed by atoms with Crippen molar-refractivity contribution in [2.24, 2.45) is 5.92 Å². The first-order chi connectivity index (χ1) is 8.74. The van der Waals surface area contributed by atoms with Crippen molar-refractivity contribution in [3.05, 3.63) is 0 Å². The van der Waals surface area contributed by atoms with Crippen molar-refractivity contribution >= 4 is 11.7 Å². The van der Waals surface area contributed by atoms with E-state index in [1.54, 1.807) is 0 Å². The second-order valence-electron chi connectivity index (χ2n) is 5.99. The number of rotatable bonds is 4. The molecule has 2 unspecified atom stereocenters. The Labute approximate surface area is 108 Å². The van der Waals surface area contributed by atoms with E-state index in [9.17, 15) is 9.59 Å². The van der Waals surface area contributed by atoms with Crippen molar-refractivity contribution in [2.45, 2.75) is 57.0 Å². The highest BCUT2D eigenvalue weighted by Crippen LogP contribution is 2.32. The first-order valence-corrected chi connectivity index (χ1v) is 7.29. The monoisotopic (exact) mass is 250 g/mol. The number of hydrogen-bond donors (Lipinski definition) is 1. The third-order valence-corrected chi connectivity index (χ3v) is 4.56. The number of nitrogens with one attached hydrogen (secondary N) is 1. The molecule has 0 aromatic rings. The lowest BCUT2D eigenvalue weighted by molar-refractivity contribution is -0.128. The lowest BCUT2D eigenvalue weighted by Crippen LogP contribution is -2.54. The molecule has 1 N–H and O–H groups in total. The average molecular weight is 250 g/mol. The van der Waals surface area contributed by atoms with Crippen molar-refractivity contribution in [3.8, 4) is 0 Å². The van der Waals surface area contributed by atoms with Crippen LogP contribution in [0, 0.1) is 5.92 Å². The summed E-state index contributed by atoms with van der Waals surface area (Å²) in [5, 5.41) is 3.03. The number of carbonyl (C=O) groups excluding carboxylic acids is 2. The maximum atomic E-state index is 11.6. The molecular formula is C14H22N2O2. The Morgan fingerprint density at radius 1 is 1.17 bits per heavy atom. The largest absolute Gasteiger partial charge is 0.355 e. The molecule has 2 bridgehead atoms. The van der Waals surface area contributed by atoms with Crippen molar-refractivity contribution in [1.29, 1.82) is 0 Å². The van der Waals surface area contributed by atoms with E-state index >= 15 is 0 Å². The molecule has 100 valence electrons. The Bertz CT molecular complexity index is 336. The van der Waals surface area contributed by atoms with Gasteiger partial charge in [-0.3, -0.25) is 14.5 Å². The summed E-state index contributed by atoms with van der Waals surface area (Å²) in [6, 6.07) is 0.894. The van der Waals surface area contributed by atoms with Crippen LogP contribution < -0.4 is 5.32 Å². The minimum absolute atomic E-state index is 0.230. The number of hydrogen-bond acceptors (Lipinski definition) is 3. The highest BCUT2D eigenvalue weighted by Gasteiger charge is 2.37. The lowest BCUT2D eigenvalue weighted by Gasteiger charge is -2.45.